The smallest absolute Gasteiger partial charge is 0.306 e. The number of carboxylic acid groups (broad SMARTS) is 1. The summed E-state index contributed by atoms with van der Waals surface area (Å²) in [6, 6.07) is 6.08. The lowest BCUT2D eigenvalue weighted by atomic mass is 10.1. The van der Waals surface area contributed by atoms with Gasteiger partial charge < -0.3 is 10.8 Å². The van der Waals surface area contributed by atoms with Gasteiger partial charge >= 0.3 is 5.97 Å². The fourth-order valence-electron chi connectivity index (χ4n) is 0.935. The maximum atomic E-state index is 9.93. The molecule has 0 bridgehead atoms. The molecule has 0 radical (unpaired) electrons. The van der Waals surface area contributed by atoms with Gasteiger partial charge in [-0.2, -0.15) is 0 Å². The first-order valence-electron chi connectivity index (χ1n) is 5.44. The second-order valence-corrected chi connectivity index (χ2v) is 4.01. The molecular formula is C13H21NO2. The van der Waals surface area contributed by atoms with Crippen molar-refractivity contribution in [1.82, 2.24) is 0 Å². The van der Waals surface area contributed by atoms with Gasteiger partial charge in [0.25, 0.3) is 0 Å². The summed E-state index contributed by atoms with van der Waals surface area (Å²) < 4.78 is 0. The molecule has 1 atom stereocenters. The van der Waals surface area contributed by atoms with Crippen molar-refractivity contribution in [2.75, 3.05) is 5.73 Å². The summed E-state index contributed by atoms with van der Waals surface area (Å²) in [7, 11) is 0. The van der Waals surface area contributed by atoms with Gasteiger partial charge in [-0.05, 0) is 37.5 Å². The van der Waals surface area contributed by atoms with Crippen LogP contribution < -0.4 is 5.73 Å². The van der Waals surface area contributed by atoms with Crippen LogP contribution in [0.3, 0.4) is 0 Å². The molecule has 0 saturated carbocycles. The maximum Gasteiger partial charge on any atom is 0.306 e. The molecule has 0 amide bonds. The third-order valence-corrected chi connectivity index (χ3v) is 2.47. The van der Waals surface area contributed by atoms with Crippen molar-refractivity contribution in [3.63, 3.8) is 0 Å². The Morgan fingerprint density at radius 3 is 2.25 bits per heavy atom. The fraction of sp³-hybridized carbons (Fsp3) is 0.462. The SMILES string of the molecule is CCC(C)C(=O)O.Cc1ccc(C)c(N)c1. The van der Waals surface area contributed by atoms with E-state index in [9.17, 15) is 4.79 Å². The number of aliphatic carboxylic acids is 1. The fourth-order valence-corrected chi connectivity index (χ4v) is 0.935. The average molecular weight is 223 g/mol. The van der Waals surface area contributed by atoms with E-state index in [2.05, 4.69) is 6.07 Å². The summed E-state index contributed by atoms with van der Waals surface area (Å²) in [4.78, 5) is 9.93. The number of hydrogen-bond acceptors (Lipinski definition) is 2. The Balaban J connectivity index is 0.000000293. The summed E-state index contributed by atoms with van der Waals surface area (Å²) in [5, 5.41) is 8.18. The Morgan fingerprint density at radius 1 is 1.44 bits per heavy atom. The molecule has 0 heterocycles. The molecule has 0 spiro atoms. The monoisotopic (exact) mass is 223 g/mol. The van der Waals surface area contributed by atoms with E-state index in [0.717, 1.165) is 17.7 Å². The van der Waals surface area contributed by atoms with E-state index in [-0.39, 0.29) is 5.92 Å². The summed E-state index contributed by atoms with van der Waals surface area (Å²) in [5.41, 5.74) is 8.88. The van der Waals surface area contributed by atoms with E-state index in [4.69, 9.17) is 10.8 Å². The molecule has 3 nitrogen and oxygen atoms in total. The van der Waals surface area contributed by atoms with Gasteiger partial charge in [-0.1, -0.05) is 26.0 Å². The lowest BCUT2D eigenvalue weighted by molar-refractivity contribution is -0.141. The predicted molar refractivity (Wildman–Crippen MR) is 67.4 cm³/mol. The number of carboxylic acids is 1. The summed E-state index contributed by atoms with van der Waals surface area (Å²) >= 11 is 0. The van der Waals surface area contributed by atoms with E-state index < -0.39 is 5.97 Å². The molecule has 0 aromatic heterocycles. The molecule has 1 unspecified atom stereocenters. The normalized spacial score (nSPS) is 11.2. The second-order valence-electron chi connectivity index (χ2n) is 4.01. The molecule has 90 valence electrons. The Hall–Kier alpha value is -1.51. The highest BCUT2D eigenvalue weighted by Gasteiger charge is 2.05. The standard InChI is InChI=1S/C8H11N.C5H10O2/c1-6-3-4-7(2)8(9)5-6;1-3-4(2)5(6)7/h3-5H,9H2,1-2H3;4H,3H2,1-2H3,(H,6,7). The van der Waals surface area contributed by atoms with E-state index in [0.29, 0.717) is 0 Å². The third kappa shape index (κ3) is 5.39. The van der Waals surface area contributed by atoms with Crippen LogP contribution in [-0.4, -0.2) is 11.1 Å². The second kappa shape index (κ2) is 6.88. The van der Waals surface area contributed by atoms with Crippen molar-refractivity contribution in [3.05, 3.63) is 29.3 Å². The Labute approximate surface area is 97.3 Å². The van der Waals surface area contributed by atoms with Crippen molar-refractivity contribution in [2.45, 2.75) is 34.1 Å². The zero-order chi connectivity index (χ0) is 12.7. The number of anilines is 1. The van der Waals surface area contributed by atoms with Gasteiger partial charge in [-0.15, -0.1) is 0 Å². The molecule has 0 saturated heterocycles. The summed E-state index contributed by atoms with van der Waals surface area (Å²) in [6.45, 7) is 7.60. The molecule has 3 N–H and O–H groups in total. The quantitative estimate of drug-likeness (QED) is 0.757. The van der Waals surface area contributed by atoms with Gasteiger partial charge in [0.15, 0.2) is 0 Å². The molecular weight excluding hydrogens is 202 g/mol. The number of nitrogens with two attached hydrogens (primary N) is 1. The maximum absolute atomic E-state index is 9.93. The highest BCUT2D eigenvalue weighted by molar-refractivity contribution is 5.69. The Morgan fingerprint density at radius 2 is 2.00 bits per heavy atom. The number of nitrogen functional groups attached to an aromatic ring is 1. The van der Waals surface area contributed by atoms with Gasteiger partial charge in [0.05, 0.1) is 5.92 Å². The number of aryl methyl sites for hydroxylation is 2. The molecule has 1 aromatic rings. The van der Waals surface area contributed by atoms with Gasteiger partial charge in [-0.25, -0.2) is 0 Å². The molecule has 0 fully saturated rings. The first kappa shape index (κ1) is 14.5. The minimum atomic E-state index is -0.706. The lowest BCUT2D eigenvalue weighted by Gasteiger charge is -1.98. The van der Waals surface area contributed by atoms with E-state index in [1.54, 1.807) is 6.92 Å². The first-order valence-corrected chi connectivity index (χ1v) is 5.44. The van der Waals surface area contributed by atoms with Crippen molar-refractivity contribution in [1.29, 1.82) is 0 Å². The average Bonchev–Trinajstić information content (AvgIpc) is 2.23. The molecule has 0 aliphatic rings. The predicted octanol–water partition coefficient (Wildman–Crippen LogP) is 3.00. The van der Waals surface area contributed by atoms with Crippen LogP contribution in [0.4, 0.5) is 5.69 Å². The van der Waals surface area contributed by atoms with Crippen LogP contribution in [0.1, 0.15) is 31.4 Å². The molecule has 16 heavy (non-hydrogen) atoms. The van der Waals surface area contributed by atoms with Crippen LogP contribution in [-0.2, 0) is 4.79 Å². The number of rotatable bonds is 2. The largest absolute Gasteiger partial charge is 0.481 e. The summed E-state index contributed by atoms with van der Waals surface area (Å²) in [5.74, 6) is -0.887. The number of benzene rings is 1. The highest BCUT2D eigenvalue weighted by atomic mass is 16.4. The summed E-state index contributed by atoms with van der Waals surface area (Å²) in [6.07, 6.45) is 0.718. The Kier molecular flexibility index (Phi) is 6.23. The zero-order valence-corrected chi connectivity index (χ0v) is 10.4. The highest BCUT2D eigenvalue weighted by Crippen LogP contribution is 2.10. The van der Waals surface area contributed by atoms with E-state index in [1.807, 2.05) is 32.9 Å². The van der Waals surface area contributed by atoms with Crippen molar-refractivity contribution < 1.29 is 9.90 Å². The van der Waals surface area contributed by atoms with Crippen LogP contribution in [0.25, 0.3) is 0 Å². The van der Waals surface area contributed by atoms with Crippen LogP contribution in [0.15, 0.2) is 18.2 Å². The van der Waals surface area contributed by atoms with Crippen molar-refractivity contribution in [3.8, 4) is 0 Å². The third-order valence-electron chi connectivity index (χ3n) is 2.47. The van der Waals surface area contributed by atoms with Crippen LogP contribution >= 0.6 is 0 Å². The number of hydrogen-bond donors (Lipinski definition) is 2. The van der Waals surface area contributed by atoms with Crippen LogP contribution in [0.2, 0.25) is 0 Å². The molecule has 1 aromatic carbocycles. The Bertz CT molecular complexity index is 348. The van der Waals surface area contributed by atoms with Gasteiger partial charge in [0.2, 0.25) is 0 Å². The van der Waals surface area contributed by atoms with Gasteiger partial charge in [0.1, 0.15) is 0 Å². The first-order chi connectivity index (χ1) is 7.38. The lowest BCUT2D eigenvalue weighted by Crippen LogP contribution is -2.06. The zero-order valence-electron chi connectivity index (χ0n) is 10.4. The van der Waals surface area contributed by atoms with Crippen LogP contribution in [0.5, 0.6) is 0 Å². The minimum Gasteiger partial charge on any atom is -0.481 e. The van der Waals surface area contributed by atoms with Crippen molar-refractivity contribution in [2.24, 2.45) is 5.92 Å². The van der Waals surface area contributed by atoms with Crippen LogP contribution in [0, 0.1) is 19.8 Å². The van der Waals surface area contributed by atoms with Gasteiger partial charge in [-0.3, -0.25) is 4.79 Å². The minimum absolute atomic E-state index is 0.181. The van der Waals surface area contributed by atoms with Gasteiger partial charge in [0, 0.05) is 5.69 Å². The van der Waals surface area contributed by atoms with Crippen molar-refractivity contribution >= 4 is 11.7 Å². The molecule has 3 heteroatoms. The molecule has 0 aliphatic carbocycles. The topological polar surface area (TPSA) is 63.3 Å². The molecule has 1 rings (SSSR count). The molecule has 0 aliphatic heterocycles. The van der Waals surface area contributed by atoms with E-state index in [1.165, 1.54) is 5.56 Å². The van der Waals surface area contributed by atoms with E-state index >= 15 is 0 Å². The number of carbonyl (C=O) groups is 1.